The standard InChI is InChI=1S/C18H16FN3O2S2/c1-10(23)14-7-4-8-16(20-14)21-18-12(17(24)22-25)9-15(26-18)11-5-2-3-6-13(11)19/h2-10,23,25H,1H3,(H,20,21)(H,22,24). The summed E-state index contributed by atoms with van der Waals surface area (Å²) in [6.07, 6.45) is -0.714. The third kappa shape index (κ3) is 3.87. The van der Waals surface area contributed by atoms with Crippen LogP contribution in [-0.2, 0) is 0 Å². The van der Waals surface area contributed by atoms with Crippen LogP contribution in [-0.4, -0.2) is 16.0 Å². The summed E-state index contributed by atoms with van der Waals surface area (Å²) in [5, 5.41) is 13.3. The number of benzene rings is 1. The number of pyridine rings is 1. The molecule has 1 atom stereocenters. The lowest BCUT2D eigenvalue weighted by Gasteiger charge is -2.09. The van der Waals surface area contributed by atoms with E-state index in [1.807, 2.05) is 0 Å². The Hall–Kier alpha value is -2.42. The number of nitrogens with zero attached hydrogens (tertiary/aromatic N) is 1. The van der Waals surface area contributed by atoms with Gasteiger partial charge in [0.25, 0.3) is 5.91 Å². The van der Waals surface area contributed by atoms with Crippen LogP contribution in [0.4, 0.5) is 15.2 Å². The summed E-state index contributed by atoms with van der Waals surface area (Å²) in [5.74, 6) is -0.313. The quantitative estimate of drug-likeness (QED) is 0.490. The van der Waals surface area contributed by atoms with Crippen LogP contribution in [0.2, 0.25) is 0 Å². The average Bonchev–Trinajstić information content (AvgIpc) is 3.05. The number of aliphatic hydroxyl groups is 1. The van der Waals surface area contributed by atoms with Crippen LogP contribution in [0.3, 0.4) is 0 Å². The van der Waals surface area contributed by atoms with Crippen molar-refractivity contribution in [1.29, 1.82) is 0 Å². The molecule has 134 valence electrons. The number of halogens is 1. The second kappa shape index (κ2) is 7.86. The minimum absolute atomic E-state index is 0.326. The molecule has 0 aliphatic rings. The fourth-order valence-electron chi connectivity index (χ4n) is 2.38. The second-order valence-corrected chi connectivity index (χ2v) is 6.80. The van der Waals surface area contributed by atoms with Crippen LogP contribution in [0.15, 0.2) is 48.5 Å². The Morgan fingerprint density at radius 3 is 2.73 bits per heavy atom. The molecule has 3 aromatic rings. The van der Waals surface area contributed by atoms with Gasteiger partial charge in [0.05, 0.1) is 17.4 Å². The molecular formula is C18H16FN3O2S2. The Morgan fingerprint density at radius 1 is 1.27 bits per heavy atom. The number of anilines is 2. The summed E-state index contributed by atoms with van der Waals surface area (Å²) in [6.45, 7) is 1.62. The summed E-state index contributed by atoms with van der Waals surface area (Å²) in [7, 11) is 0. The number of aliphatic hydroxyl groups excluding tert-OH is 1. The van der Waals surface area contributed by atoms with Gasteiger partial charge in [-0.3, -0.25) is 9.52 Å². The topological polar surface area (TPSA) is 74.2 Å². The molecule has 26 heavy (non-hydrogen) atoms. The lowest BCUT2D eigenvalue weighted by molar-refractivity contribution is 0.0986. The number of rotatable bonds is 5. The van der Waals surface area contributed by atoms with E-state index >= 15 is 0 Å². The zero-order valence-electron chi connectivity index (χ0n) is 13.7. The van der Waals surface area contributed by atoms with E-state index in [1.54, 1.807) is 49.4 Å². The molecule has 2 aromatic heterocycles. The highest BCUT2D eigenvalue weighted by Crippen LogP contribution is 2.38. The summed E-state index contributed by atoms with van der Waals surface area (Å²) < 4.78 is 16.4. The molecule has 3 rings (SSSR count). The zero-order valence-corrected chi connectivity index (χ0v) is 15.4. The Morgan fingerprint density at radius 2 is 2.04 bits per heavy atom. The maximum Gasteiger partial charge on any atom is 0.263 e. The number of thiol groups is 1. The lowest BCUT2D eigenvalue weighted by Crippen LogP contribution is -2.13. The van der Waals surface area contributed by atoms with Gasteiger partial charge in [-0.1, -0.05) is 37.1 Å². The second-order valence-electron chi connectivity index (χ2n) is 5.52. The van der Waals surface area contributed by atoms with E-state index in [0.29, 0.717) is 32.5 Å². The number of thiophene rings is 1. The predicted molar refractivity (Wildman–Crippen MR) is 104 cm³/mol. The molecule has 0 bridgehead atoms. The van der Waals surface area contributed by atoms with Crippen molar-refractivity contribution in [1.82, 2.24) is 9.71 Å². The molecular weight excluding hydrogens is 373 g/mol. The highest BCUT2D eigenvalue weighted by molar-refractivity contribution is 7.78. The fourth-order valence-corrected chi connectivity index (χ4v) is 3.59. The van der Waals surface area contributed by atoms with E-state index in [2.05, 4.69) is 27.8 Å². The molecule has 0 spiro atoms. The van der Waals surface area contributed by atoms with Gasteiger partial charge >= 0.3 is 0 Å². The maximum absolute atomic E-state index is 14.1. The van der Waals surface area contributed by atoms with Crippen LogP contribution in [0.5, 0.6) is 0 Å². The minimum atomic E-state index is -0.714. The number of aromatic nitrogens is 1. The summed E-state index contributed by atoms with van der Waals surface area (Å²) in [6, 6.07) is 13.1. The van der Waals surface area contributed by atoms with E-state index in [9.17, 15) is 14.3 Å². The van der Waals surface area contributed by atoms with Crippen LogP contribution >= 0.6 is 24.2 Å². The molecule has 5 nitrogen and oxygen atoms in total. The lowest BCUT2D eigenvalue weighted by atomic mass is 10.1. The van der Waals surface area contributed by atoms with Gasteiger partial charge in [-0.05, 0) is 31.2 Å². The van der Waals surface area contributed by atoms with E-state index in [0.717, 1.165) is 0 Å². The first-order chi connectivity index (χ1) is 12.5. The van der Waals surface area contributed by atoms with Gasteiger partial charge in [0.2, 0.25) is 0 Å². The summed E-state index contributed by atoms with van der Waals surface area (Å²) in [4.78, 5) is 17.1. The van der Waals surface area contributed by atoms with Gasteiger partial charge in [0, 0.05) is 10.4 Å². The molecule has 0 radical (unpaired) electrons. The molecule has 0 aliphatic heterocycles. The normalized spacial score (nSPS) is 11.8. The summed E-state index contributed by atoms with van der Waals surface area (Å²) >= 11 is 5.05. The maximum atomic E-state index is 14.1. The number of carbonyl (C=O) groups excluding carboxylic acids is 1. The molecule has 0 saturated carbocycles. The smallest absolute Gasteiger partial charge is 0.263 e. The Bertz CT molecular complexity index is 944. The van der Waals surface area contributed by atoms with E-state index < -0.39 is 12.0 Å². The number of hydrogen-bond acceptors (Lipinski definition) is 6. The van der Waals surface area contributed by atoms with Gasteiger partial charge < -0.3 is 10.4 Å². The number of amides is 1. The van der Waals surface area contributed by atoms with Gasteiger partial charge in [-0.15, -0.1) is 11.3 Å². The third-order valence-corrected chi connectivity index (χ3v) is 4.94. The van der Waals surface area contributed by atoms with E-state index in [1.165, 1.54) is 17.4 Å². The van der Waals surface area contributed by atoms with Crippen molar-refractivity contribution < 1.29 is 14.3 Å². The molecule has 0 fully saturated rings. The zero-order chi connectivity index (χ0) is 18.7. The predicted octanol–water partition coefficient (Wildman–Crippen LogP) is 4.32. The minimum Gasteiger partial charge on any atom is -0.387 e. The van der Waals surface area contributed by atoms with Gasteiger partial charge in [-0.2, -0.15) is 0 Å². The molecule has 1 amide bonds. The van der Waals surface area contributed by atoms with Crippen LogP contribution in [0, 0.1) is 5.82 Å². The van der Waals surface area contributed by atoms with Crippen molar-refractivity contribution in [3.63, 3.8) is 0 Å². The molecule has 1 unspecified atom stereocenters. The van der Waals surface area contributed by atoms with Crippen molar-refractivity contribution in [3.8, 4) is 10.4 Å². The first-order valence-corrected chi connectivity index (χ1v) is 9.01. The van der Waals surface area contributed by atoms with Gasteiger partial charge in [-0.25, -0.2) is 9.37 Å². The monoisotopic (exact) mass is 389 g/mol. The molecule has 1 aromatic carbocycles. The highest BCUT2D eigenvalue weighted by Gasteiger charge is 2.18. The number of nitrogens with one attached hydrogen (secondary N) is 2. The van der Waals surface area contributed by atoms with Crippen molar-refractivity contribution in [2.45, 2.75) is 13.0 Å². The van der Waals surface area contributed by atoms with Crippen LogP contribution < -0.4 is 10.0 Å². The Kier molecular flexibility index (Phi) is 5.55. The first kappa shape index (κ1) is 18.4. The highest BCUT2D eigenvalue weighted by atomic mass is 32.1. The molecule has 0 aliphatic carbocycles. The fraction of sp³-hybridized carbons (Fsp3) is 0.111. The Labute approximate surface area is 159 Å². The molecule has 0 saturated heterocycles. The Balaban J connectivity index is 2.02. The van der Waals surface area contributed by atoms with Crippen LogP contribution in [0.25, 0.3) is 10.4 Å². The third-order valence-electron chi connectivity index (χ3n) is 3.66. The number of hydrogen-bond donors (Lipinski definition) is 4. The van der Waals surface area contributed by atoms with Gasteiger partial charge in [0.15, 0.2) is 0 Å². The summed E-state index contributed by atoms with van der Waals surface area (Å²) in [5.41, 5.74) is 1.23. The van der Waals surface area contributed by atoms with Crippen LogP contribution in [0.1, 0.15) is 29.1 Å². The van der Waals surface area contributed by atoms with E-state index in [4.69, 9.17) is 0 Å². The van der Waals surface area contributed by atoms with Gasteiger partial charge in [0.1, 0.15) is 16.6 Å². The largest absolute Gasteiger partial charge is 0.387 e. The van der Waals surface area contributed by atoms with Crippen molar-refractivity contribution in [3.05, 3.63) is 65.6 Å². The SMILES string of the molecule is CC(O)c1cccc(Nc2sc(-c3ccccc3F)cc2C(=O)NS)n1. The number of carbonyl (C=O) groups is 1. The van der Waals surface area contributed by atoms with Crippen molar-refractivity contribution >= 4 is 40.9 Å². The molecule has 8 heteroatoms. The first-order valence-electron chi connectivity index (χ1n) is 7.75. The molecule has 3 N–H and O–H groups in total. The average molecular weight is 389 g/mol. The van der Waals surface area contributed by atoms with Crippen molar-refractivity contribution in [2.24, 2.45) is 0 Å². The van der Waals surface area contributed by atoms with E-state index in [-0.39, 0.29) is 5.82 Å². The molecule has 2 heterocycles. The van der Waals surface area contributed by atoms with Crippen molar-refractivity contribution in [2.75, 3.05) is 5.32 Å².